The lowest BCUT2D eigenvalue weighted by Gasteiger charge is -2.27. The summed E-state index contributed by atoms with van der Waals surface area (Å²) in [6.45, 7) is 5.15. The highest BCUT2D eigenvalue weighted by atomic mass is 16.5. The maximum atomic E-state index is 12.0. The SMILES string of the molecule is CCNC(=O)c1cccc(NCC(=O)N2CCOCC2)c1. The Labute approximate surface area is 124 Å². The van der Waals surface area contributed by atoms with Crippen LogP contribution in [0.3, 0.4) is 0 Å². The summed E-state index contributed by atoms with van der Waals surface area (Å²) in [5, 5.41) is 5.82. The summed E-state index contributed by atoms with van der Waals surface area (Å²) in [7, 11) is 0. The molecule has 0 bridgehead atoms. The number of nitrogens with zero attached hydrogens (tertiary/aromatic N) is 1. The standard InChI is InChI=1S/C15H21N3O3/c1-2-16-15(20)12-4-3-5-13(10-12)17-11-14(19)18-6-8-21-9-7-18/h3-5,10,17H,2,6-9,11H2,1H3,(H,16,20). The third-order valence-electron chi connectivity index (χ3n) is 3.27. The summed E-state index contributed by atoms with van der Waals surface area (Å²) < 4.78 is 5.22. The molecule has 0 radical (unpaired) electrons. The fourth-order valence-electron chi connectivity index (χ4n) is 2.14. The number of carbonyl (C=O) groups is 2. The summed E-state index contributed by atoms with van der Waals surface area (Å²) >= 11 is 0. The van der Waals surface area contributed by atoms with Crippen molar-refractivity contribution in [3.63, 3.8) is 0 Å². The quantitative estimate of drug-likeness (QED) is 0.838. The zero-order chi connectivity index (χ0) is 15.1. The summed E-state index contributed by atoms with van der Waals surface area (Å²) in [6.07, 6.45) is 0. The van der Waals surface area contributed by atoms with E-state index in [0.29, 0.717) is 38.4 Å². The predicted molar refractivity (Wildman–Crippen MR) is 80.3 cm³/mol. The minimum atomic E-state index is -0.111. The second-order valence-corrected chi connectivity index (χ2v) is 4.79. The summed E-state index contributed by atoms with van der Waals surface area (Å²) in [5.74, 6) is -0.0673. The number of carbonyl (C=O) groups excluding carboxylic acids is 2. The van der Waals surface area contributed by atoms with E-state index < -0.39 is 0 Å². The van der Waals surface area contributed by atoms with Gasteiger partial charge in [-0.05, 0) is 25.1 Å². The number of rotatable bonds is 5. The molecule has 1 aliphatic rings. The van der Waals surface area contributed by atoms with E-state index in [1.165, 1.54) is 0 Å². The van der Waals surface area contributed by atoms with Crippen LogP contribution in [0, 0.1) is 0 Å². The van der Waals surface area contributed by atoms with E-state index in [-0.39, 0.29) is 18.4 Å². The van der Waals surface area contributed by atoms with Crippen molar-refractivity contribution in [2.45, 2.75) is 6.92 Å². The molecule has 1 aliphatic heterocycles. The van der Waals surface area contributed by atoms with Gasteiger partial charge in [-0.15, -0.1) is 0 Å². The topological polar surface area (TPSA) is 70.7 Å². The molecule has 2 amide bonds. The van der Waals surface area contributed by atoms with Crippen LogP contribution in [0.15, 0.2) is 24.3 Å². The molecule has 6 nitrogen and oxygen atoms in total. The fourth-order valence-corrected chi connectivity index (χ4v) is 2.14. The van der Waals surface area contributed by atoms with Crippen molar-refractivity contribution < 1.29 is 14.3 Å². The monoisotopic (exact) mass is 291 g/mol. The molecule has 1 saturated heterocycles. The molecule has 0 atom stereocenters. The van der Waals surface area contributed by atoms with Crippen molar-refractivity contribution in [3.05, 3.63) is 29.8 Å². The van der Waals surface area contributed by atoms with Gasteiger partial charge >= 0.3 is 0 Å². The van der Waals surface area contributed by atoms with Gasteiger partial charge in [0.1, 0.15) is 0 Å². The average Bonchev–Trinajstić information content (AvgIpc) is 2.54. The third-order valence-corrected chi connectivity index (χ3v) is 3.27. The van der Waals surface area contributed by atoms with Gasteiger partial charge in [-0.1, -0.05) is 6.07 Å². The van der Waals surface area contributed by atoms with E-state index in [0.717, 1.165) is 5.69 Å². The Hall–Kier alpha value is -2.08. The van der Waals surface area contributed by atoms with Crippen molar-refractivity contribution in [2.75, 3.05) is 44.7 Å². The van der Waals surface area contributed by atoms with Gasteiger partial charge in [-0.25, -0.2) is 0 Å². The Balaban J connectivity index is 1.89. The Morgan fingerprint density at radius 1 is 1.29 bits per heavy atom. The first-order valence-electron chi connectivity index (χ1n) is 7.18. The minimum absolute atomic E-state index is 0.0433. The first-order valence-corrected chi connectivity index (χ1v) is 7.18. The van der Waals surface area contributed by atoms with E-state index in [4.69, 9.17) is 4.74 Å². The predicted octanol–water partition coefficient (Wildman–Crippen LogP) is 0.707. The van der Waals surface area contributed by atoms with Crippen LogP contribution in [0.5, 0.6) is 0 Å². The molecule has 1 heterocycles. The Morgan fingerprint density at radius 3 is 2.76 bits per heavy atom. The van der Waals surface area contributed by atoms with E-state index in [1.807, 2.05) is 13.0 Å². The number of anilines is 1. The second-order valence-electron chi connectivity index (χ2n) is 4.79. The molecular weight excluding hydrogens is 270 g/mol. The number of benzene rings is 1. The summed E-state index contributed by atoms with van der Waals surface area (Å²) in [6, 6.07) is 7.14. The molecule has 0 aromatic heterocycles. The number of nitrogens with one attached hydrogen (secondary N) is 2. The minimum Gasteiger partial charge on any atom is -0.378 e. The molecule has 6 heteroatoms. The van der Waals surface area contributed by atoms with Crippen LogP contribution in [0.4, 0.5) is 5.69 Å². The maximum absolute atomic E-state index is 12.0. The lowest BCUT2D eigenvalue weighted by Crippen LogP contribution is -2.43. The zero-order valence-electron chi connectivity index (χ0n) is 12.2. The summed E-state index contributed by atoms with van der Waals surface area (Å²) in [5.41, 5.74) is 1.35. The molecule has 0 aliphatic carbocycles. The van der Waals surface area contributed by atoms with Gasteiger partial charge in [-0.2, -0.15) is 0 Å². The van der Waals surface area contributed by atoms with Crippen molar-refractivity contribution in [2.24, 2.45) is 0 Å². The molecule has 0 spiro atoms. The van der Waals surface area contributed by atoms with E-state index in [2.05, 4.69) is 10.6 Å². The van der Waals surface area contributed by atoms with E-state index in [9.17, 15) is 9.59 Å². The number of amides is 2. The second kappa shape index (κ2) is 7.64. The van der Waals surface area contributed by atoms with Gasteiger partial charge in [0.2, 0.25) is 5.91 Å². The molecule has 1 aromatic carbocycles. The zero-order valence-corrected chi connectivity index (χ0v) is 12.2. The van der Waals surface area contributed by atoms with Crippen LogP contribution in [0.1, 0.15) is 17.3 Å². The molecular formula is C15H21N3O3. The van der Waals surface area contributed by atoms with Gasteiger partial charge in [0.05, 0.1) is 19.8 Å². The first kappa shape index (κ1) is 15.3. The Bertz CT molecular complexity index is 499. The molecule has 0 saturated carbocycles. The largest absolute Gasteiger partial charge is 0.378 e. The molecule has 1 fully saturated rings. The van der Waals surface area contributed by atoms with Crippen LogP contribution in [-0.4, -0.2) is 56.1 Å². The number of morpholine rings is 1. The van der Waals surface area contributed by atoms with Crippen LogP contribution < -0.4 is 10.6 Å². The highest BCUT2D eigenvalue weighted by Crippen LogP contribution is 2.10. The van der Waals surface area contributed by atoms with Gasteiger partial charge in [-0.3, -0.25) is 9.59 Å². The number of hydrogen-bond acceptors (Lipinski definition) is 4. The average molecular weight is 291 g/mol. The van der Waals surface area contributed by atoms with Crippen molar-refractivity contribution in [1.82, 2.24) is 10.2 Å². The molecule has 21 heavy (non-hydrogen) atoms. The van der Waals surface area contributed by atoms with Gasteiger partial charge < -0.3 is 20.3 Å². The van der Waals surface area contributed by atoms with Gasteiger partial charge in [0, 0.05) is 30.9 Å². The Kier molecular flexibility index (Phi) is 5.57. The van der Waals surface area contributed by atoms with Crippen LogP contribution >= 0.6 is 0 Å². The van der Waals surface area contributed by atoms with E-state index in [1.54, 1.807) is 23.1 Å². The highest BCUT2D eigenvalue weighted by Gasteiger charge is 2.16. The molecule has 2 N–H and O–H groups in total. The van der Waals surface area contributed by atoms with Crippen LogP contribution in [0.2, 0.25) is 0 Å². The van der Waals surface area contributed by atoms with Gasteiger partial charge in [0.15, 0.2) is 0 Å². The summed E-state index contributed by atoms with van der Waals surface area (Å²) in [4.78, 5) is 25.6. The number of hydrogen-bond donors (Lipinski definition) is 2. The first-order chi connectivity index (χ1) is 10.2. The van der Waals surface area contributed by atoms with Crippen LogP contribution in [0.25, 0.3) is 0 Å². The van der Waals surface area contributed by atoms with Crippen molar-refractivity contribution in [1.29, 1.82) is 0 Å². The van der Waals surface area contributed by atoms with Crippen LogP contribution in [-0.2, 0) is 9.53 Å². The van der Waals surface area contributed by atoms with E-state index >= 15 is 0 Å². The Morgan fingerprint density at radius 2 is 2.05 bits per heavy atom. The third kappa shape index (κ3) is 4.46. The number of ether oxygens (including phenoxy) is 1. The lowest BCUT2D eigenvalue weighted by molar-refractivity contribution is -0.133. The molecule has 114 valence electrons. The molecule has 2 rings (SSSR count). The molecule has 0 unspecified atom stereocenters. The lowest BCUT2D eigenvalue weighted by atomic mass is 10.2. The smallest absolute Gasteiger partial charge is 0.251 e. The normalized spacial score (nSPS) is 14.6. The molecule has 1 aromatic rings. The highest BCUT2D eigenvalue weighted by molar-refractivity contribution is 5.95. The van der Waals surface area contributed by atoms with Crippen molar-refractivity contribution in [3.8, 4) is 0 Å². The maximum Gasteiger partial charge on any atom is 0.251 e. The fraction of sp³-hybridized carbons (Fsp3) is 0.467. The van der Waals surface area contributed by atoms with Gasteiger partial charge in [0.25, 0.3) is 5.91 Å². The van der Waals surface area contributed by atoms with Crippen molar-refractivity contribution >= 4 is 17.5 Å².